The van der Waals surface area contributed by atoms with Crippen molar-refractivity contribution >= 4 is 34.7 Å². The standard InChI is InChI=1S/C20H18N4O2/c1-14-6-5-13-22-18(14)23-19(25)20(26)24(16-7-3-2-4-8-16)17-11-9-15(21)10-12-17/h2-13H,21H2,1H3,(H,22,23,25). The van der Waals surface area contributed by atoms with Crippen LogP contribution in [0.15, 0.2) is 72.9 Å². The highest BCUT2D eigenvalue weighted by Crippen LogP contribution is 2.26. The molecule has 0 fully saturated rings. The lowest BCUT2D eigenvalue weighted by Gasteiger charge is -2.22. The number of hydrogen-bond donors (Lipinski definition) is 2. The van der Waals surface area contributed by atoms with Crippen LogP contribution >= 0.6 is 0 Å². The van der Waals surface area contributed by atoms with Crippen molar-refractivity contribution in [1.29, 1.82) is 0 Å². The molecule has 0 radical (unpaired) electrons. The molecule has 0 aliphatic carbocycles. The number of aromatic nitrogens is 1. The second kappa shape index (κ2) is 7.48. The molecule has 3 aromatic rings. The third-order valence-electron chi connectivity index (χ3n) is 3.80. The quantitative estimate of drug-likeness (QED) is 0.563. The van der Waals surface area contributed by atoms with E-state index in [1.165, 1.54) is 4.90 Å². The maximum absolute atomic E-state index is 12.9. The lowest BCUT2D eigenvalue weighted by Crippen LogP contribution is -2.37. The molecule has 0 saturated heterocycles. The Balaban J connectivity index is 1.93. The van der Waals surface area contributed by atoms with E-state index in [9.17, 15) is 9.59 Å². The Bertz CT molecular complexity index is 924. The van der Waals surface area contributed by atoms with Gasteiger partial charge < -0.3 is 11.1 Å². The lowest BCUT2D eigenvalue weighted by atomic mass is 10.2. The molecule has 0 aliphatic rings. The Kier molecular flexibility index (Phi) is 4.94. The summed E-state index contributed by atoms with van der Waals surface area (Å²) in [5, 5.41) is 2.58. The zero-order chi connectivity index (χ0) is 18.5. The Morgan fingerprint density at radius 1 is 0.923 bits per heavy atom. The number of pyridine rings is 1. The van der Waals surface area contributed by atoms with E-state index in [0.717, 1.165) is 5.56 Å². The van der Waals surface area contributed by atoms with E-state index in [0.29, 0.717) is 22.9 Å². The van der Waals surface area contributed by atoms with E-state index >= 15 is 0 Å². The first-order chi connectivity index (χ1) is 12.6. The average Bonchev–Trinajstić information content (AvgIpc) is 2.66. The smallest absolute Gasteiger partial charge is 0.321 e. The molecule has 0 aliphatic heterocycles. The Labute approximate surface area is 151 Å². The van der Waals surface area contributed by atoms with Crippen molar-refractivity contribution in [3.05, 3.63) is 78.5 Å². The predicted molar refractivity (Wildman–Crippen MR) is 102 cm³/mol. The minimum Gasteiger partial charge on any atom is -0.399 e. The first kappa shape index (κ1) is 17.2. The Hall–Kier alpha value is -3.67. The highest BCUT2D eigenvalue weighted by molar-refractivity contribution is 6.45. The van der Waals surface area contributed by atoms with Crippen LogP contribution in [0.5, 0.6) is 0 Å². The molecule has 0 spiro atoms. The number of benzene rings is 2. The molecule has 3 rings (SSSR count). The predicted octanol–water partition coefficient (Wildman–Crippen LogP) is 3.28. The normalized spacial score (nSPS) is 10.2. The number of aryl methyl sites for hydroxylation is 1. The van der Waals surface area contributed by atoms with Gasteiger partial charge in [0.05, 0.1) is 0 Å². The van der Waals surface area contributed by atoms with E-state index in [1.807, 2.05) is 19.1 Å². The first-order valence-corrected chi connectivity index (χ1v) is 8.04. The number of hydrogen-bond acceptors (Lipinski definition) is 4. The van der Waals surface area contributed by atoms with Crippen LogP contribution in [-0.2, 0) is 9.59 Å². The first-order valence-electron chi connectivity index (χ1n) is 8.04. The van der Waals surface area contributed by atoms with Crippen LogP contribution in [-0.4, -0.2) is 16.8 Å². The van der Waals surface area contributed by atoms with Crippen LogP contribution in [0.3, 0.4) is 0 Å². The fourth-order valence-electron chi connectivity index (χ4n) is 2.46. The molecule has 6 heteroatoms. The van der Waals surface area contributed by atoms with E-state index in [1.54, 1.807) is 60.8 Å². The van der Waals surface area contributed by atoms with Crippen molar-refractivity contribution in [2.75, 3.05) is 16.0 Å². The van der Waals surface area contributed by atoms with Crippen LogP contribution in [0.2, 0.25) is 0 Å². The minimum atomic E-state index is -0.771. The highest BCUT2D eigenvalue weighted by atomic mass is 16.2. The van der Waals surface area contributed by atoms with Crippen molar-refractivity contribution in [2.45, 2.75) is 6.92 Å². The summed E-state index contributed by atoms with van der Waals surface area (Å²) in [4.78, 5) is 30.9. The van der Waals surface area contributed by atoms with Gasteiger partial charge in [0.15, 0.2) is 0 Å². The summed E-state index contributed by atoms with van der Waals surface area (Å²) in [6.45, 7) is 1.81. The highest BCUT2D eigenvalue weighted by Gasteiger charge is 2.25. The van der Waals surface area contributed by atoms with Crippen molar-refractivity contribution < 1.29 is 9.59 Å². The summed E-state index contributed by atoms with van der Waals surface area (Å²) in [7, 11) is 0. The summed E-state index contributed by atoms with van der Waals surface area (Å²) in [5.74, 6) is -1.13. The van der Waals surface area contributed by atoms with Gasteiger partial charge in [-0.25, -0.2) is 4.98 Å². The van der Waals surface area contributed by atoms with Gasteiger partial charge in [0.25, 0.3) is 0 Å². The van der Waals surface area contributed by atoms with Crippen LogP contribution < -0.4 is 16.0 Å². The van der Waals surface area contributed by atoms with Gasteiger partial charge in [0.2, 0.25) is 0 Å². The van der Waals surface area contributed by atoms with Gasteiger partial charge >= 0.3 is 11.8 Å². The number of para-hydroxylation sites is 1. The fourth-order valence-corrected chi connectivity index (χ4v) is 2.46. The summed E-state index contributed by atoms with van der Waals surface area (Å²) < 4.78 is 0. The maximum Gasteiger partial charge on any atom is 0.321 e. The SMILES string of the molecule is Cc1cccnc1NC(=O)C(=O)N(c1ccccc1)c1ccc(N)cc1. The second-order valence-corrected chi connectivity index (χ2v) is 5.69. The molecule has 2 aromatic carbocycles. The summed E-state index contributed by atoms with van der Waals surface area (Å²) in [5.41, 5.74) is 8.20. The van der Waals surface area contributed by atoms with Gasteiger partial charge in [-0.15, -0.1) is 0 Å². The lowest BCUT2D eigenvalue weighted by molar-refractivity contribution is -0.134. The molecular formula is C20H18N4O2. The number of carbonyl (C=O) groups excluding carboxylic acids is 2. The summed E-state index contributed by atoms with van der Waals surface area (Å²) in [6, 6.07) is 19.3. The third kappa shape index (κ3) is 3.70. The molecule has 0 bridgehead atoms. The molecule has 0 unspecified atom stereocenters. The van der Waals surface area contributed by atoms with Crippen molar-refractivity contribution in [1.82, 2.24) is 4.98 Å². The molecule has 0 atom stereocenters. The van der Waals surface area contributed by atoms with Gasteiger partial charge in [-0.3, -0.25) is 14.5 Å². The molecule has 130 valence electrons. The van der Waals surface area contributed by atoms with Crippen molar-refractivity contribution in [3.8, 4) is 0 Å². The zero-order valence-electron chi connectivity index (χ0n) is 14.2. The topological polar surface area (TPSA) is 88.3 Å². The summed E-state index contributed by atoms with van der Waals surface area (Å²) >= 11 is 0. The summed E-state index contributed by atoms with van der Waals surface area (Å²) in [6.07, 6.45) is 1.56. The van der Waals surface area contributed by atoms with Crippen LogP contribution in [0.1, 0.15) is 5.56 Å². The van der Waals surface area contributed by atoms with Crippen molar-refractivity contribution in [3.63, 3.8) is 0 Å². The van der Waals surface area contributed by atoms with Crippen LogP contribution in [0.25, 0.3) is 0 Å². The maximum atomic E-state index is 12.9. The molecule has 6 nitrogen and oxygen atoms in total. The number of anilines is 4. The van der Waals surface area contributed by atoms with E-state index in [4.69, 9.17) is 5.73 Å². The molecular weight excluding hydrogens is 328 g/mol. The van der Waals surface area contributed by atoms with Gasteiger partial charge in [-0.05, 0) is 55.0 Å². The molecule has 0 saturated carbocycles. The van der Waals surface area contributed by atoms with Crippen LogP contribution in [0, 0.1) is 6.92 Å². The number of nitrogens with two attached hydrogens (primary N) is 1. The van der Waals surface area contributed by atoms with E-state index < -0.39 is 11.8 Å². The largest absolute Gasteiger partial charge is 0.399 e. The molecule has 1 heterocycles. The third-order valence-corrected chi connectivity index (χ3v) is 3.80. The molecule has 26 heavy (non-hydrogen) atoms. The van der Waals surface area contributed by atoms with E-state index in [-0.39, 0.29) is 0 Å². The van der Waals surface area contributed by atoms with Crippen molar-refractivity contribution in [2.24, 2.45) is 0 Å². The number of nitrogens with one attached hydrogen (secondary N) is 1. The van der Waals surface area contributed by atoms with Crippen LogP contribution in [0.4, 0.5) is 22.9 Å². The van der Waals surface area contributed by atoms with Gasteiger partial charge in [0.1, 0.15) is 5.82 Å². The van der Waals surface area contributed by atoms with Gasteiger partial charge in [-0.2, -0.15) is 0 Å². The molecule has 2 amide bonds. The number of amides is 2. The number of nitrogens with zero attached hydrogens (tertiary/aromatic N) is 2. The molecule has 1 aromatic heterocycles. The average molecular weight is 346 g/mol. The minimum absolute atomic E-state index is 0.358. The monoisotopic (exact) mass is 346 g/mol. The number of carbonyl (C=O) groups is 2. The zero-order valence-corrected chi connectivity index (χ0v) is 14.2. The van der Waals surface area contributed by atoms with Gasteiger partial charge in [0, 0.05) is 23.3 Å². The Morgan fingerprint density at radius 3 is 2.23 bits per heavy atom. The Morgan fingerprint density at radius 2 is 1.58 bits per heavy atom. The number of nitrogen functional groups attached to an aromatic ring is 1. The fraction of sp³-hybridized carbons (Fsp3) is 0.0500. The second-order valence-electron chi connectivity index (χ2n) is 5.69. The number of rotatable bonds is 3. The van der Waals surface area contributed by atoms with Gasteiger partial charge in [-0.1, -0.05) is 24.3 Å². The molecule has 3 N–H and O–H groups in total. The van der Waals surface area contributed by atoms with E-state index in [2.05, 4.69) is 10.3 Å².